The predicted octanol–water partition coefficient (Wildman–Crippen LogP) is 19.4. The number of benzene rings is 6. The molecule has 10 N–H and O–H groups in total. The smallest absolute Gasteiger partial charge is 0.272 e. The maximum Gasteiger partial charge on any atom is 0.272 e. The first kappa shape index (κ1) is 55.7. The largest absolute Gasteiger partial charge is 0.508 e. The standard InChI is InChI=1S/C15H15Cl2N3O3.C13H12Cl3N3O.C7H8Cl2N2.C6H3Cl2NO3.C6H5Cl2NO.C6H5NO3.C6H6O/c1-7(2)10-6-13(19-20-15(10)22)23-14-11(16)4-9(5-12(14)17)18-8(3)21;1-6(2)8-5-11(18-19-13(8)16)20-12-9(14)3-7(17)4-10(12)15;1-4(2)5-3-6(8)10-11-7(5)9;7-4-1-3(9(11)12)2-5(8)6(4)10;7-4-1-3(9)2-5(8)6(4)10;8-6-3-1-5(2-4-6)7(9)10;7-6-4-2-1-3-5-6/h4-7H,1-3H3,(H,18,21)(H,20,22);3-6H,17H2,1-2H3;3-4H,1-2H3;1-2,10H;1-2,10H,9H2;1-4,8H;1-5,7H/i4D,5D;3D,4D;;2*1D,2D;1D,2D,3D,4D;1D,2D,3D,4D,5D. The molecule has 0 radical (unpaired) electrons. The quantitative estimate of drug-likeness (QED) is 0.0273. The second kappa shape index (κ2) is 38.4. The van der Waals surface area contributed by atoms with Crippen LogP contribution in [0.5, 0.6) is 46.3 Å². The SMILES string of the molecule is CC(C)c1cc(Cl)nnc1Cl.[2H]c1c(Cl)c(O)c(Cl)c([2H])c1[N+](=O)[O-].[2H]c1c(Cl)c(Oc2cc(C(C)C)c(=O)[nH]n2)c(Cl)c([2H])c1NC(C)=O.[2H]c1c(N)c([2H])c(Cl)c(O)c1Cl.[2H]c1c(N)c([2H])c(Cl)c(Oc2cc(C(C)C)c(Cl)nn2)c1Cl.[2H]c1c([2H])c([2H])c(O)c([2H])c1[2H].[2H]c1c([2H])c([N+](=O)[O-])c([2H])c([2H])c1O. The molecule has 9 aromatic rings. The van der Waals surface area contributed by atoms with Gasteiger partial charge >= 0.3 is 0 Å². The average Bonchev–Trinajstić information content (AvgIpc) is 0.787. The van der Waals surface area contributed by atoms with Crippen LogP contribution in [-0.2, 0) is 4.79 Å². The number of para-hydroxylation sites is 1. The van der Waals surface area contributed by atoms with Gasteiger partial charge in [0.1, 0.15) is 11.5 Å². The third kappa shape index (κ3) is 27.0. The van der Waals surface area contributed by atoms with E-state index in [0.29, 0.717) is 21.8 Å². The van der Waals surface area contributed by atoms with E-state index in [1.54, 1.807) is 12.1 Å². The minimum atomic E-state index is -1.01. The van der Waals surface area contributed by atoms with E-state index in [9.17, 15) is 29.8 Å². The van der Waals surface area contributed by atoms with E-state index in [2.05, 4.69) is 35.9 Å². The Bertz CT molecular complexity index is 4660. The Morgan fingerprint density at radius 2 is 0.925 bits per heavy atom. The number of aromatic hydroxyl groups is 4. The topological polar surface area (TPSA) is 364 Å². The zero-order valence-corrected chi connectivity index (χ0v) is 56.3. The van der Waals surface area contributed by atoms with Crippen molar-refractivity contribution in [1.29, 1.82) is 0 Å². The van der Waals surface area contributed by atoms with Crippen molar-refractivity contribution >= 4 is 162 Å². The molecule has 0 spiro atoms. The molecule has 0 aliphatic rings. The summed E-state index contributed by atoms with van der Waals surface area (Å²) >= 11 is 63.4. The second-order valence-electron chi connectivity index (χ2n) is 17.8. The number of nitrogens with one attached hydrogen (secondary N) is 2. The Morgan fingerprint density at radius 1 is 0.538 bits per heavy atom. The van der Waals surface area contributed by atoms with Crippen LogP contribution in [0.1, 0.15) is 106 Å². The zero-order valence-electron chi connectivity index (χ0n) is 65.0. The summed E-state index contributed by atoms with van der Waals surface area (Å²) in [6.07, 6.45) is 0. The summed E-state index contributed by atoms with van der Waals surface area (Å²) in [7, 11) is 0. The molecule has 0 saturated carbocycles. The summed E-state index contributed by atoms with van der Waals surface area (Å²) in [6, 6.07) is -4.27. The van der Waals surface area contributed by atoms with Crippen LogP contribution in [0.4, 0.5) is 28.4 Å². The molecule has 3 aromatic heterocycles. The molecular weight excluding hydrogens is 1440 g/mol. The van der Waals surface area contributed by atoms with Crippen LogP contribution in [0, 0.1) is 20.2 Å². The van der Waals surface area contributed by atoms with E-state index in [-0.39, 0.29) is 129 Å². The summed E-state index contributed by atoms with van der Waals surface area (Å²) in [4.78, 5) is 41.8. The van der Waals surface area contributed by atoms with Crippen molar-refractivity contribution in [2.75, 3.05) is 16.8 Å². The van der Waals surface area contributed by atoms with Gasteiger partial charge < -0.3 is 46.7 Å². The molecule has 0 aliphatic heterocycles. The number of nitrogens with zero attached hydrogens (tertiary/aromatic N) is 7. The lowest BCUT2D eigenvalue weighted by Crippen LogP contribution is -2.15. The van der Waals surface area contributed by atoms with Crippen LogP contribution < -0.4 is 31.8 Å². The number of phenols is 4. The van der Waals surface area contributed by atoms with Gasteiger partial charge in [-0.2, -0.15) is 0 Å². The molecule has 1 amide bonds. The first-order valence-electron chi connectivity index (χ1n) is 33.3. The first-order valence-corrected chi connectivity index (χ1v) is 28.9. The van der Waals surface area contributed by atoms with Gasteiger partial charge in [0.25, 0.3) is 16.9 Å². The number of ether oxygens (including phenoxy) is 2. The fourth-order valence-corrected chi connectivity index (χ4v) is 8.36. The van der Waals surface area contributed by atoms with Crippen LogP contribution in [0.3, 0.4) is 0 Å². The monoisotopic (exact) mass is 1510 g/mol. The highest BCUT2D eigenvalue weighted by Gasteiger charge is 2.18. The van der Waals surface area contributed by atoms with Crippen molar-refractivity contribution in [3.8, 4) is 46.3 Å². The highest BCUT2D eigenvalue weighted by atomic mass is 35.5. The van der Waals surface area contributed by atoms with E-state index >= 15 is 0 Å². The summed E-state index contributed by atoms with van der Waals surface area (Å²) < 4.78 is 135. The number of halogens is 11. The number of hydrogen-bond donors (Lipinski definition) is 8. The predicted molar refractivity (Wildman–Crippen MR) is 368 cm³/mol. The number of amides is 1. The Labute approximate surface area is 610 Å². The van der Waals surface area contributed by atoms with Crippen LogP contribution >= 0.6 is 128 Å². The highest BCUT2D eigenvalue weighted by Crippen LogP contribution is 2.41. The number of nitrogens with two attached hydrogens (primary N) is 2. The van der Waals surface area contributed by atoms with E-state index in [4.69, 9.17) is 192 Å². The maximum absolute atomic E-state index is 11.7. The summed E-state index contributed by atoms with van der Waals surface area (Å²) in [5, 5.41) is 79.4. The highest BCUT2D eigenvalue weighted by molar-refractivity contribution is 6.39. The minimum absolute atomic E-state index is 0.0122. The molecule has 494 valence electrons. The van der Waals surface area contributed by atoms with Crippen molar-refractivity contribution in [1.82, 2.24) is 30.6 Å². The van der Waals surface area contributed by atoms with Gasteiger partial charge in [-0.3, -0.25) is 29.8 Å². The molecule has 34 heteroatoms. The van der Waals surface area contributed by atoms with Gasteiger partial charge in [-0.25, -0.2) is 5.10 Å². The van der Waals surface area contributed by atoms with Gasteiger partial charge in [-0.05, 0) is 95.4 Å². The number of H-pyrrole nitrogens is 1. The number of hydrogen-bond acceptors (Lipinski definition) is 19. The summed E-state index contributed by atoms with van der Waals surface area (Å²) in [5.74, 6) is -2.92. The Kier molecular flexibility index (Phi) is 23.0. The van der Waals surface area contributed by atoms with Crippen molar-refractivity contribution in [3.05, 3.63) is 224 Å². The van der Waals surface area contributed by atoms with Crippen molar-refractivity contribution in [2.24, 2.45) is 0 Å². The van der Waals surface area contributed by atoms with Crippen LogP contribution in [-0.4, -0.2) is 66.8 Å². The number of anilines is 3. The molecule has 0 unspecified atom stereocenters. The molecule has 0 atom stereocenters. The molecule has 0 fully saturated rings. The molecule has 0 bridgehead atoms. The van der Waals surface area contributed by atoms with Crippen molar-refractivity contribution in [2.45, 2.75) is 66.2 Å². The van der Waals surface area contributed by atoms with Crippen LogP contribution in [0.15, 0.2) is 126 Å². The summed E-state index contributed by atoms with van der Waals surface area (Å²) in [5.41, 5.74) is 10.5. The second-order valence-corrected chi connectivity index (χ2v) is 21.9. The first-order chi connectivity index (χ1) is 50.7. The number of phenolic OH excluding ortho intramolecular Hbond substituents is 4. The zero-order chi connectivity index (χ0) is 84.9. The molecule has 23 nitrogen and oxygen atoms in total. The molecule has 93 heavy (non-hydrogen) atoms. The van der Waals surface area contributed by atoms with E-state index in [0.717, 1.165) is 11.1 Å². The lowest BCUT2D eigenvalue weighted by atomic mass is 10.1. The number of carbonyl (C=O) groups excluding carboxylic acids is 1. The molecule has 6 aromatic carbocycles. The minimum Gasteiger partial charge on any atom is -0.508 e. The summed E-state index contributed by atoms with van der Waals surface area (Å²) in [6.45, 7) is 12.8. The van der Waals surface area contributed by atoms with E-state index in [1.165, 1.54) is 13.0 Å². The van der Waals surface area contributed by atoms with Crippen molar-refractivity contribution < 1.29 is 67.8 Å². The van der Waals surface area contributed by atoms with Gasteiger partial charge in [0.15, 0.2) is 38.5 Å². The number of nitro benzene ring substituents is 2. The Morgan fingerprint density at radius 3 is 1.35 bits per heavy atom. The van der Waals surface area contributed by atoms with Crippen LogP contribution in [0.25, 0.3) is 0 Å². The fraction of sp³-hybridized carbons (Fsp3) is 0.169. The number of aromatic nitrogens is 6. The Hall–Kier alpha value is -7.78. The number of rotatable bonds is 10. The van der Waals surface area contributed by atoms with E-state index < -0.39 is 127 Å². The molecular formula is C59H54Cl11N11O12. The van der Waals surface area contributed by atoms with Crippen LogP contribution in [0.2, 0.25) is 55.6 Å². The number of nitro groups is 2. The number of nitrogen functional groups attached to an aromatic ring is 2. The lowest BCUT2D eigenvalue weighted by Gasteiger charge is -2.12. The Balaban J connectivity index is 0.000000340. The molecule has 0 saturated heterocycles. The lowest BCUT2D eigenvalue weighted by molar-refractivity contribution is -0.385. The third-order valence-electron chi connectivity index (χ3n) is 9.87. The van der Waals surface area contributed by atoms with Crippen molar-refractivity contribution in [3.63, 3.8) is 0 Å². The third-order valence-corrected chi connectivity index (χ3v) is 12.8. The average molecular weight is 1520 g/mol. The van der Waals surface area contributed by atoms with Gasteiger partial charge in [-0.15, -0.1) is 25.5 Å². The fourth-order valence-electron chi connectivity index (χ4n) is 5.71. The number of carbonyl (C=O) groups is 1. The number of aromatic amines is 1. The van der Waals surface area contributed by atoms with Gasteiger partial charge in [0, 0.05) is 65.9 Å². The van der Waals surface area contributed by atoms with Gasteiger partial charge in [0.05, 0.1) is 73.3 Å². The molecule has 9 rings (SSSR count). The molecule has 3 heterocycles. The van der Waals surface area contributed by atoms with E-state index in [1.807, 2.05) is 41.5 Å². The maximum atomic E-state index is 11.7. The molecule has 0 aliphatic carbocycles. The normalized spacial score (nSPS) is 12.8. The van der Waals surface area contributed by atoms with Gasteiger partial charge in [0.2, 0.25) is 17.7 Å². The van der Waals surface area contributed by atoms with Gasteiger partial charge in [-0.1, -0.05) is 187 Å².